The molecule has 68 valence electrons. The standard InChI is InChI=1S/C10H16O2/c1-7-3-4-8(12-7)9(11)10(2)5-6-10/h4,7,9,11H,3,5-6H2,1-2H3. The summed E-state index contributed by atoms with van der Waals surface area (Å²) < 4.78 is 5.50. The molecule has 12 heavy (non-hydrogen) atoms. The number of rotatable bonds is 2. The molecule has 2 atom stereocenters. The van der Waals surface area contributed by atoms with Crippen molar-refractivity contribution in [3.63, 3.8) is 0 Å². The van der Waals surface area contributed by atoms with Crippen LogP contribution in [0.1, 0.15) is 33.1 Å². The largest absolute Gasteiger partial charge is 0.492 e. The molecular formula is C10H16O2. The second-order valence-electron chi connectivity index (χ2n) is 4.33. The van der Waals surface area contributed by atoms with E-state index in [1.54, 1.807) is 0 Å². The highest BCUT2D eigenvalue weighted by Crippen LogP contribution is 2.50. The Morgan fingerprint density at radius 3 is 2.75 bits per heavy atom. The molecular weight excluding hydrogens is 152 g/mol. The van der Waals surface area contributed by atoms with Gasteiger partial charge in [0.15, 0.2) is 0 Å². The number of aliphatic hydroxyl groups is 1. The van der Waals surface area contributed by atoms with Crippen molar-refractivity contribution in [2.45, 2.75) is 45.3 Å². The second-order valence-corrected chi connectivity index (χ2v) is 4.33. The van der Waals surface area contributed by atoms with Crippen molar-refractivity contribution in [3.05, 3.63) is 11.8 Å². The summed E-state index contributed by atoms with van der Waals surface area (Å²) in [5, 5.41) is 9.87. The lowest BCUT2D eigenvalue weighted by molar-refractivity contribution is 0.0468. The van der Waals surface area contributed by atoms with Gasteiger partial charge in [-0.05, 0) is 25.8 Å². The van der Waals surface area contributed by atoms with Gasteiger partial charge in [0, 0.05) is 11.8 Å². The third-order valence-corrected chi connectivity index (χ3v) is 2.96. The summed E-state index contributed by atoms with van der Waals surface area (Å²) in [7, 11) is 0. The van der Waals surface area contributed by atoms with Crippen LogP contribution >= 0.6 is 0 Å². The SMILES string of the molecule is CC1CC=C(C(O)C2(C)CC2)O1. The minimum atomic E-state index is -0.359. The maximum absolute atomic E-state index is 9.87. The van der Waals surface area contributed by atoms with Crippen LogP contribution in [0.2, 0.25) is 0 Å². The normalized spacial score (nSPS) is 33.9. The van der Waals surface area contributed by atoms with E-state index in [0.717, 1.165) is 25.0 Å². The summed E-state index contributed by atoms with van der Waals surface area (Å²) >= 11 is 0. The molecule has 1 heterocycles. The van der Waals surface area contributed by atoms with Crippen LogP contribution in [0.5, 0.6) is 0 Å². The number of ether oxygens (including phenoxy) is 1. The Hall–Kier alpha value is -0.500. The summed E-state index contributed by atoms with van der Waals surface area (Å²) in [6.45, 7) is 4.15. The Balaban J connectivity index is 2.01. The van der Waals surface area contributed by atoms with E-state index in [0.29, 0.717) is 0 Å². The predicted octanol–water partition coefficient (Wildman–Crippen LogP) is 1.84. The first kappa shape index (κ1) is 8.11. The molecule has 2 rings (SSSR count). The zero-order valence-corrected chi connectivity index (χ0v) is 7.71. The van der Waals surface area contributed by atoms with Gasteiger partial charge in [-0.15, -0.1) is 0 Å². The molecule has 0 aromatic carbocycles. The number of aliphatic hydroxyl groups excluding tert-OH is 1. The third kappa shape index (κ3) is 1.24. The Kier molecular flexibility index (Phi) is 1.69. The van der Waals surface area contributed by atoms with E-state index in [9.17, 15) is 5.11 Å². The van der Waals surface area contributed by atoms with Crippen molar-refractivity contribution in [1.82, 2.24) is 0 Å². The lowest BCUT2D eigenvalue weighted by Crippen LogP contribution is -2.22. The fourth-order valence-electron chi connectivity index (χ4n) is 1.60. The Labute approximate surface area is 73.2 Å². The van der Waals surface area contributed by atoms with Gasteiger partial charge in [0.1, 0.15) is 11.9 Å². The maximum Gasteiger partial charge on any atom is 0.122 e. The minimum absolute atomic E-state index is 0.121. The molecule has 1 fully saturated rings. The van der Waals surface area contributed by atoms with Crippen LogP contribution in [0.3, 0.4) is 0 Å². The first-order chi connectivity index (χ1) is 5.62. The lowest BCUT2D eigenvalue weighted by Gasteiger charge is -2.19. The zero-order chi connectivity index (χ0) is 8.77. The lowest BCUT2D eigenvalue weighted by atomic mass is 10.0. The first-order valence-corrected chi connectivity index (χ1v) is 4.67. The Morgan fingerprint density at radius 2 is 2.33 bits per heavy atom. The van der Waals surface area contributed by atoms with Crippen LogP contribution in [0.4, 0.5) is 0 Å². The van der Waals surface area contributed by atoms with E-state index in [1.807, 2.05) is 13.0 Å². The van der Waals surface area contributed by atoms with Gasteiger partial charge in [0.2, 0.25) is 0 Å². The maximum atomic E-state index is 9.87. The number of hydrogen-bond donors (Lipinski definition) is 1. The fraction of sp³-hybridized carbons (Fsp3) is 0.800. The van der Waals surface area contributed by atoms with Crippen molar-refractivity contribution >= 4 is 0 Å². The molecule has 2 heteroatoms. The summed E-state index contributed by atoms with van der Waals surface area (Å²) in [4.78, 5) is 0. The average molecular weight is 168 g/mol. The molecule has 2 aliphatic rings. The summed E-state index contributed by atoms with van der Waals surface area (Å²) in [5.41, 5.74) is 0.121. The van der Waals surface area contributed by atoms with Gasteiger partial charge in [0.25, 0.3) is 0 Å². The molecule has 1 aliphatic carbocycles. The van der Waals surface area contributed by atoms with E-state index in [4.69, 9.17) is 4.74 Å². The van der Waals surface area contributed by atoms with Crippen molar-refractivity contribution in [2.75, 3.05) is 0 Å². The van der Waals surface area contributed by atoms with Gasteiger partial charge in [-0.3, -0.25) is 0 Å². The highest BCUT2D eigenvalue weighted by molar-refractivity contribution is 5.14. The van der Waals surface area contributed by atoms with E-state index < -0.39 is 0 Å². The monoisotopic (exact) mass is 168 g/mol. The van der Waals surface area contributed by atoms with Crippen LogP contribution in [-0.4, -0.2) is 17.3 Å². The molecule has 0 saturated heterocycles. The summed E-state index contributed by atoms with van der Waals surface area (Å²) in [6.07, 6.45) is 5.13. The van der Waals surface area contributed by atoms with Gasteiger partial charge >= 0.3 is 0 Å². The van der Waals surface area contributed by atoms with Gasteiger partial charge in [-0.1, -0.05) is 6.92 Å². The third-order valence-electron chi connectivity index (χ3n) is 2.96. The Morgan fingerprint density at radius 1 is 1.67 bits per heavy atom. The number of hydrogen-bond acceptors (Lipinski definition) is 2. The molecule has 0 aromatic heterocycles. The molecule has 2 nitrogen and oxygen atoms in total. The second kappa shape index (κ2) is 2.49. The van der Waals surface area contributed by atoms with Crippen LogP contribution in [0.15, 0.2) is 11.8 Å². The zero-order valence-electron chi connectivity index (χ0n) is 7.71. The van der Waals surface area contributed by atoms with Crippen molar-refractivity contribution in [3.8, 4) is 0 Å². The van der Waals surface area contributed by atoms with E-state index >= 15 is 0 Å². The molecule has 0 aromatic rings. The predicted molar refractivity (Wildman–Crippen MR) is 46.6 cm³/mol. The van der Waals surface area contributed by atoms with E-state index in [1.165, 1.54) is 0 Å². The highest BCUT2D eigenvalue weighted by atomic mass is 16.5. The van der Waals surface area contributed by atoms with Gasteiger partial charge in [0.05, 0.1) is 6.10 Å². The average Bonchev–Trinajstić information content (AvgIpc) is 2.62. The molecule has 1 aliphatic heterocycles. The molecule has 0 radical (unpaired) electrons. The minimum Gasteiger partial charge on any atom is -0.492 e. The Bertz CT molecular complexity index is 216. The summed E-state index contributed by atoms with van der Waals surface area (Å²) in [5.74, 6) is 0.808. The van der Waals surface area contributed by atoms with Gasteiger partial charge in [-0.2, -0.15) is 0 Å². The molecule has 0 bridgehead atoms. The molecule has 1 N–H and O–H groups in total. The first-order valence-electron chi connectivity index (χ1n) is 4.67. The fourth-order valence-corrected chi connectivity index (χ4v) is 1.60. The van der Waals surface area contributed by atoms with Gasteiger partial charge in [-0.25, -0.2) is 0 Å². The highest BCUT2D eigenvalue weighted by Gasteiger charge is 2.47. The van der Waals surface area contributed by atoms with E-state index in [2.05, 4.69) is 6.92 Å². The van der Waals surface area contributed by atoms with Crippen LogP contribution in [0, 0.1) is 5.41 Å². The van der Waals surface area contributed by atoms with Crippen LogP contribution in [-0.2, 0) is 4.74 Å². The molecule has 1 saturated carbocycles. The topological polar surface area (TPSA) is 29.5 Å². The van der Waals surface area contributed by atoms with Crippen molar-refractivity contribution < 1.29 is 9.84 Å². The van der Waals surface area contributed by atoms with Crippen LogP contribution in [0.25, 0.3) is 0 Å². The quantitative estimate of drug-likeness (QED) is 0.681. The molecule has 2 unspecified atom stereocenters. The van der Waals surface area contributed by atoms with E-state index in [-0.39, 0.29) is 17.6 Å². The van der Waals surface area contributed by atoms with Crippen molar-refractivity contribution in [2.24, 2.45) is 5.41 Å². The summed E-state index contributed by atoms with van der Waals surface area (Å²) in [6, 6.07) is 0. The van der Waals surface area contributed by atoms with Gasteiger partial charge < -0.3 is 9.84 Å². The van der Waals surface area contributed by atoms with Crippen molar-refractivity contribution in [1.29, 1.82) is 0 Å². The molecule has 0 amide bonds. The smallest absolute Gasteiger partial charge is 0.122 e. The van der Waals surface area contributed by atoms with Crippen LogP contribution < -0.4 is 0 Å². The molecule has 0 spiro atoms.